The van der Waals surface area contributed by atoms with Gasteiger partial charge in [-0.15, -0.1) is 0 Å². The van der Waals surface area contributed by atoms with Crippen LogP contribution in [0.2, 0.25) is 0 Å². The minimum atomic E-state index is -1.33. The van der Waals surface area contributed by atoms with Crippen LogP contribution in [0.4, 0.5) is 4.79 Å². The number of ether oxygens (including phenoxy) is 2. The second-order valence-electron chi connectivity index (χ2n) is 9.06. The Morgan fingerprint density at radius 1 is 1.09 bits per heavy atom. The fourth-order valence-corrected chi connectivity index (χ4v) is 3.27. The van der Waals surface area contributed by atoms with Crippen LogP contribution in [0.3, 0.4) is 0 Å². The van der Waals surface area contributed by atoms with E-state index in [2.05, 4.69) is 15.4 Å². The highest BCUT2D eigenvalue weighted by Gasteiger charge is 2.36. The molecule has 10 heteroatoms. The number of hydrogen-bond donors (Lipinski definition) is 3. The van der Waals surface area contributed by atoms with E-state index in [0.29, 0.717) is 12.0 Å². The van der Waals surface area contributed by atoms with Crippen molar-refractivity contribution in [3.63, 3.8) is 0 Å². The third kappa shape index (κ3) is 9.94. The summed E-state index contributed by atoms with van der Waals surface area (Å²) in [6.07, 6.45) is 1.24. The molecule has 0 aliphatic rings. The Morgan fingerprint density at radius 3 is 2.20 bits per heavy atom. The van der Waals surface area contributed by atoms with Gasteiger partial charge in [-0.05, 0) is 44.7 Å². The summed E-state index contributed by atoms with van der Waals surface area (Å²) in [7, 11) is 1.21. The molecule has 2 unspecified atom stereocenters. The van der Waals surface area contributed by atoms with Gasteiger partial charge < -0.3 is 30.1 Å². The highest BCUT2D eigenvalue weighted by Crippen LogP contribution is 2.24. The Bertz CT molecular complexity index is 850. The molecule has 2 atom stereocenters. The first-order valence-corrected chi connectivity index (χ1v) is 11.8. The Morgan fingerprint density at radius 2 is 1.71 bits per heavy atom. The first-order valence-electron chi connectivity index (χ1n) is 11.8. The fraction of sp³-hybridized carbons (Fsp3) is 0.600. The first kappa shape index (κ1) is 29.9. The van der Waals surface area contributed by atoms with Gasteiger partial charge >= 0.3 is 12.1 Å². The van der Waals surface area contributed by atoms with Crippen LogP contribution in [0.15, 0.2) is 24.3 Å². The average molecular weight is 494 g/mol. The molecule has 1 aromatic carbocycles. The van der Waals surface area contributed by atoms with Gasteiger partial charge in [0.2, 0.25) is 11.8 Å². The molecular weight excluding hydrogens is 454 g/mol. The molecule has 0 aromatic heterocycles. The van der Waals surface area contributed by atoms with Gasteiger partial charge in [-0.2, -0.15) is 0 Å². The number of amides is 3. The Labute approximate surface area is 207 Å². The topological polar surface area (TPSA) is 134 Å². The third-order valence-corrected chi connectivity index (χ3v) is 5.11. The summed E-state index contributed by atoms with van der Waals surface area (Å²) in [6, 6.07) is 4.80. The molecule has 0 bridgehead atoms. The number of aryl methyl sites for hydroxylation is 1. The molecule has 0 aliphatic carbocycles. The zero-order valence-electron chi connectivity index (χ0n) is 21.6. The molecule has 0 radical (unpaired) electrons. The van der Waals surface area contributed by atoms with Crippen molar-refractivity contribution in [2.45, 2.75) is 71.6 Å². The van der Waals surface area contributed by atoms with Crippen LogP contribution in [0, 0.1) is 0 Å². The summed E-state index contributed by atoms with van der Waals surface area (Å²) in [4.78, 5) is 52.0. The smallest absolute Gasteiger partial charge is 0.408 e. The molecule has 0 fully saturated rings. The molecule has 3 N–H and O–H groups in total. The standard InChI is InChI=1S/C25H39N3O7/c1-7-9-14-28(23(32)19(16-29)27-24(33)35-25(3,4)5)21(22(31)26-15-20(30)34-6)18-12-10-17(8-2)11-13-18/h10-13,19,21,29H,7-9,14-16H2,1-6H3,(H,26,31)(H,27,33). The number of benzene rings is 1. The molecular formula is C25H39N3O7. The van der Waals surface area contributed by atoms with Crippen molar-refractivity contribution >= 4 is 23.9 Å². The highest BCUT2D eigenvalue weighted by atomic mass is 16.6. The van der Waals surface area contributed by atoms with E-state index in [1.165, 1.54) is 12.0 Å². The van der Waals surface area contributed by atoms with Crippen LogP contribution in [0.5, 0.6) is 0 Å². The van der Waals surface area contributed by atoms with Crippen molar-refractivity contribution in [2.75, 3.05) is 26.8 Å². The quantitative estimate of drug-likeness (QED) is 0.380. The van der Waals surface area contributed by atoms with E-state index in [-0.39, 0.29) is 13.1 Å². The maximum atomic E-state index is 13.5. The Balaban J connectivity index is 3.36. The van der Waals surface area contributed by atoms with E-state index in [9.17, 15) is 24.3 Å². The number of hydrogen-bond acceptors (Lipinski definition) is 7. The second kappa shape index (κ2) is 14.3. The minimum absolute atomic E-state index is 0.188. The van der Waals surface area contributed by atoms with Gasteiger partial charge in [0.15, 0.2) is 0 Å². The number of nitrogens with zero attached hydrogens (tertiary/aromatic N) is 1. The van der Waals surface area contributed by atoms with Gasteiger partial charge in [0, 0.05) is 6.54 Å². The van der Waals surface area contributed by atoms with E-state index in [4.69, 9.17) is 4.74 Å². The predicted molar refractivity (Wildman–Crippen MR) is 130 cm³/mol. The molecule has 0 saturated heterocycles. The summed E-state index contributed by atoms with van der Waals surface area (Å²) in [6.45, 7) is 8.11. The lowest BCUT2D eigenvalue weighted by Crippen LogP contribution is -2.54. The van der Waals surface area contributed by atoms with E-state index in [1.807, 2.05) is 26.0 Å². The molecule has 0 heterocycles. The van der Waals surface area contributed by atoms with Crippen molar-refractivity contribution < 1.29 is 33.8 Å². The van der Waals surface area contributed by atoms with Crippen LogP contribution < -0.4 is 10.6 Å². The molecule has 0 saturated carbocycles. The number of aliphatic hydroxyl groups excluding tert-OH is 1. The van der Waals surface area contributed by atoms with Crippen LogP contribution in [-0.4, -0.2) is 72.3 Å². The number of rotatable bonds is 12. The summed E-state index contributed by atoms with van der Waals surface area (Å²) in [5.41, 5.74) is 0.781. The molecule has 10 nitrogen and oxygen atoms in total. The van der Waals surface area contributed by atoms with E-state index in [1.54, 1.807) is 32.9 Å². The fourth-order valence-electron chi connectivity index (χ4n) is 3.27. The lowest BCUT2D eigenvalue weighted by Gasteiger charge is -2.34. The number of methoxy groups -OCH3 is 1. The molecule has 196 valence electrons. The average Bonchev–Trinajstić information content (AvgIpc) is 2.81. The Hall–Kier alpha value is -3.14. The molecule has 1 rings (SSSR count). The molecule has 1 aromatic rings. The monoisotopic (exact) mass is 493 g/mol. The summed E-state index contributed by atoms with van der Waals surface area (Å²) >= 11 is 0. The maximum absolute atomic E-state index is 13.5. The number of alkyl carbamates (subject to hydrolysis) is 1. The minimum Gasteiger partial charge on any atom is -0.468 e. The van der Waals surface area contributed by atoms with Gasteiger partial charge in [0.1, 0.15) is 24.2 Å². The van der Waals surface area contributed by atoms with E-state index < -0.39 is 48.2 Å². The lowest BCUT2D eigenvalue weighted by molar-refractivity contribution is -0.145. The lowest BCUT2D eigenvalue weighted by atomic mass is 10.00. The predicted octanol–water partition coefficient (Wildman–Crippen LogP) is 2.09. The highest BCUT2D eigenvalue weighted by molar-refractivity contribution is 5.93. The number of carbonyl (C=O) groups is 4. The van der Waals surface area contributed by atoms with Crippen molar-refractivity contribution in [1.29, 1.82) is 0 Å². The van der Waals surface area contributed by atoms with Crippen molar-refractivity contribution in [3.05, 3.63) is 35.4 Å². The number of esters is 1. The molecule has 0 aliphatic heterocycles. The summed E-state index contributed by atoms with van der Waals surface area (Å²) < 4.78 is 9.81. The van der Waals surface area contributed by atoms with Gasteiger partial charge in [-0.25, -0.2) is 4.79 Å². The second-order valence-corrected chi connectivity index (χ2v) is 9.06. The number of nitrogens with one attached hydrogen (secondary N) is 2. The molecule has 35 heavy (non-hydrogen) atoms. The normalized spacial score (nSPS) is 12.8. The molecule has 0 spiro atoms. The zero-order chi connectivity index (χ0) is 26.6. The van der Waals surface area contributed by atoms with E-state index in [0.717, 1.165) is 18.4 Å². The van der Waals surface area contributed by atoms with Gasteiger partial charge in [0.25, 0.3) is 0 Å². The van der Waals surface area contributed by atoms with Crippen LogP contribution in [0.25, 0.3) is 0 Å². The van der Waals surface area contributed by atoms with Crippen LogP contribution in [0.1, 0.15) is 64.6 Å². The number of unbranched alkanes of at least 4 members (excludes halogenated alkanes) is 1. The molecule has 3 amide bonds. The number of aliphatic hydroxyl groups is 1. The van der Waals surface area contributed by atoms with Gasteiger partial charge in [-0.1, -0.05) is 44.5 Å². The number of carbonyl (C=O) groups excluding carboxylic acids is 4. The zero-order valence-corrected chi connectivity index (χ0v) is 21.6. The third-order valence-electron chi connectivity index (χ3n) is 5.11. The van der Waals surface area contributed by atoms with Gasteiger partial charge in [-0.3, -0.25) is 14.4 Å². The van der Waals surface area contributed by atoms with Crippen molar-refractivity contribution in [3.8, 4) is 0 Å². The summed E-state index contributed by atoms with van der Waals surface area (Å²) in [5.74, 6) is -1.87. The summed E-state index contributed by atoms with van der Waals surface area (Å²) in [5, 5.41) is 14.8. The maximum Gasteiger partial charge on any atom is 0.408 e. The van der Waals surface area contributed by atoms with Gasteiger partial charge in [0.05, 0.1) is 13.7 Å². The largest absolute Gasteiger partial charge is 0.468 e. The van der Waals surface area contributed by atoms with Crippen LogP contribution in [-0.2, 0) is 30.3 Å². The van der Waals surface area contributed by atoms with Crippen LogP contribution >= 0.6 is 0 Å². The first-order chi connectivity index (χ1) is 16.5. The SMILES string of the molecule is CCCCN(C(=O)C(CO)NC(=O)OC(C)(C)C)C(C(=O)NCC(=O)OC)c1ccc(CC)cc1. The van der Waals surface area contributed by atoms with E-state index >= 15 is 0 Å². The Kier molecular flexibility index (Phi) is 12.2. The van der Waals surface area contributed by atoms with Crippen molar-refractivity contribution in [1.82, 2.24) is 15.5 Å². The van der Waals surface area contributed by atoms with Crippen molar-refractivity contribution in [2.24, 2.45) is 0 Å².